The van der Waals surface area contributed by atoms with Gasteiger partial charge in [0.05, 0.1) is 14.2 Å². The molecule has 0 bridgehead atoms. The SMILES string of the molecule is CCC(CC(N)=NO)NC(=O)c1ccc(OC)c(OC)c1. The molecule has 1 amide bonds. The molecular formula is C14H21N3O4. The molecule has 1 atom stereocenters. The Morgan fingerprint density at radius 2 is 2.05 bits per heavy atom. The summed E-state index contributed by atoms with van der Waals surface area (Å²) in [6, 6.07) is 4.71. The second-order valence-corrected chi connectivity index (χ2v) is 4.44. The van der Waals surface area contributed by atoms with E-state index in [1.807, 2.05) is 6.92 Å². The number of amidine groups is 1. The minimum Gasteiger partial charge on any atom is -0.493 e. The normalized spacial score (nSPS) is 12.6. The first-order valence-electron chi connectivity index (χ1n) is 6.55. The molecule has 0 aliphatic carbocycles. The topological polar surface area (TPSA) is 106 Å². The van der Waals surface area contributed by atoms with E-state index in [4.69, 9.17) is 20.4 Å². The van der Waals surface area contributed by atoms with Gasteiger partial charge in [0.2, 0.25) is 0 Å². The van der Waals surface area contributed by atoms with Crippen molar-refractivity contribution in [2.75, 3.05) is 14.2 Å². The molecule has 7 nitrogen and oxygen atoms in total. The van der Waals surface area contributed by atoms with E-state index < -0.39 is 0 Å². The molecule has 21 heavy (non-hydrogen) atoms. The summed E-state index contributed by atoms with van der Waals surface area (Å²) in [7, 11) is 3.04. The van der Waals surface area contributed by atoms with Gasteiger partial charge in [0.1, 0.15) is 5.84 Å². The lowest BCUT2D eigenvalue weighted by molar-refractivity contribution is 0.0936. The van der Waals surface area contributed by atoms with Crippen molar-refractivity contribution >= 4 is 11.7 Å². The molecule has 0 aliphatic rings. The molecule has 1 unspecified atom stereocenters. The second kappa shape index (κ2) is 7.98. The number of amides is 1. The Morgan fingerprint density at radius 3 is 2.57 bits per heavy atom. The Kier molecular flexibility index (Phi) is 6.32. The zero-order valence-corrected chi connectivity index (χ0v) is 12.4. The number of rotatable bonds is 7. The molecular weight excluding hydrogens is 274 g/mol. The van der Waals surface area contributed by atoms with Crippen LogP contribution in [0.2, 0.25) is 0 Å². The van der Waals surface area contributed by atoms with Gasteiger partial charge < -0.3 is 25.7 Å². The molecule has 0 fully saturated rings. The fourth-order valence-corrected chi connectivity index (χ4v) is 1.84. The molecule has 0 aliphatic heterocycles. The Morgan fingerprint density at radius 1 is 1.38 bits per heavy atom. The minimum absolute atomic E-state index is 0.0782. The molecule has 0 saturated carbocycles. The maximum atomic E-state index is 12.2. The number of carbonyl (C=O) groups is 1. The zero-order chi connectivity index (χ0) is 15.8. The number of ether oxygens (including phenoxy) is 2. The number of nitrogens with zero attached hydrogens (tertiary/aromatic N) is 1. The van der Waals surface area contributed by atoms with Gasteiger partial charge in [-0.15, -0.1) is 0 Å². The highest BCUT2D eigenvalue weighted by molar-refractivity contribution is 5.95. The lowest BCUT2D eigenvalue weighted by Gasteiger charge is -2.17. The number of carbonyl (C=O) groups excluding carboxylic acids is 1. The van der Waals surface area contributed by atoms with E-state index in [0.717, 1.165) is 0 Å². The summed E-state index contributed by atoms with van der Waals surface area (Å²) in [5, 5.41) is 14.3. The van der Waals surface area contributed by atoms with Gasteiger partial charge >= 0.3 is 0 Å². The van der Waals surface area contributed by atoms with Crippen molar-refractivity contribution in [2.45, 2.75) is 25.8 Å². The zero-order valence-electron chi connectivity index (χ0n) is 12.4. The van der Waals surface area contributed by atoms with E-state index in [0.29, 0.717) is 23.5 Å². The standard InChI is InChI=1S/C14H21N3O4/c1-4-10(8-13(15)17-19)16-14(18)9-5-6-11(20-2)12(7-9)21-3/h5-7,10,19H,4,8H2,1-3H3,(H2,15,17)(H,16,18). The van der Waals surface area contributed by atoms with Crippen molar-refractivity contribution in [3.8, 4) is 11.5 Å². The second-order valence-electron chi connectivity index (χ2n) is 4.44. The molecule has 0 spiro atoms. The Balaban J connectivity index is 2.83. The van der Waals surface area contributed by atoms with Crippen LogP contribution >= 0.6 is 0 Å². The molecule has 1 rings (SSSR count). The van der Waals surface area contributed by atoms with Crippen LogP contribution in [0.15, 0.2) is 23.4 Å². The first kappa shape index (κ1) is 16.6. The third-order valence-corrected chi connectivity index (χ3v) is 3.06. The van der Waals surface area contributed by atoms with Crippen LogP contribution < -0.4 is 20.5 Å². The van der Waals surface area contributed by atoms with Gasteiger partial charge in [-0.3, -0.25) is 4.79 Å². The largest absolute Gasteiger partial charge is 0.493 e. The lowest BCUT2D eigenvalue weighted by atomic mass is 10.1. The third kappa shape index (κ3) is 4.55. The van der Waals surface area contributed by atoms with Crippen molar-refractivity contribution in [3.05, 3.63) is 23.8 Å². The van der Waals surface area contributed by atoms with E-state index in [2.05, 4.69) is 10.5 Å². The summed E-state index contributed by atoms with van der Waals surface area (Å²) in [5.41, 5.74) is 5.91. The van der Waals surface area contributed by atoms with E-state index in [9.17, 15) is 4.79 Å². The van der Waals surface area contributed by atoms with Crippen molar-refractivity contribution in [1.82, 2.24) is 5.32 Å². The van der Waals surface area contributed by atoms with E-state index >= 15 is 0 Å². The highest BCUT2D eigenvalue weighted by atomic mass is 16.5. The number of benzene rings is 1. The smallest absolute Gasteiger partial charge is 0.251 e. The Labute approximate surface area is 123 Å². The molecule has 7 heteroatoms. The number of oxime groups is 1. The molecule has 0 heterocycles. The summed E-state index contributed by atoms with van der Waals surface area (Å²) in [6.07, 6.45) is 0.946. The molecule has 0 saturated heterocycles. The van der Waals surface area contributed by atoms with Crippen LogP contribution in [0.4, 0.5) is 0 Å². The van der Waals surface area contributed by atoms with Crippen molar-refractivity contribution in [3.63, 3.8) is 0 Å². The molecule has 1 aromatic carbocycles. The molecule has 4 N–H and O–H groups in total. The quantitative estimate of drug-likeness (QED) is 0.305. The molecule has 0 radical (unpaired) electrons. The summed E-state index contributed by atoms with van der Waals surface area (Å²) < 4.78 is 10.3. The van der Waals surface area contributed by atoms with Gasteiger partial charge in [0, 0.05) is 18.0 Å². The summed E-state index contributed by atoms with van der Waals surface area (Å²) in [4.78, 5) is 12.2. The third-order valence-electron chi connectivity index (χ3n) is 3.06. The lowest BCUT2D eigenvalue weighted by Crippen LogP contribution is -2.37. The maximum Gasteiger partial charge on any atom is 0.251 e. The number of nitrogens with two attached hydrogens (primary N) is 1. The van der Waals surface area contributed by atoms with E-state index in [-0.39, 0.29) is 24.2 Å². The first-order valence-corrected chi connectivity index (χ1v) is 6.55. The van der Waals surface area contributed by atoms with Crippen molar-refractivity contribution < 1.29 is 19.5 Å². The summed E-state index contributed by atoms with van der Waals surface area (Å²) >= 11 is 0. The molecule has 0 aromatic heterocycles. The van der Waals surface area contributed by atoms with E-state index in [1.54, 1.807) is 18.2 Å². The predicted molar refractivity (Wildman–Crippen MR) is 79.1 cm³/mol. The summed E-state index contributed by atoms with van der Waals surface area (Å²) in [5.74, 6) is 0.857. The van der Waals surface area contributed by atoms with Crippen molar-refractivity contribution in [1.29, 1.82) is 0 Å². The minimum atomic E-state index is -0.256. The van der Waals surface area contributed by atoms with Crippen molar-refractivity contribution in [2.24, 2.45) is 10.9 Å². The average Bonchev–Trinajstić information content (AvgIpc) is 2.52. The average molecular weight is 295 g/mol. The maximum absolute atomic E-state index is 12.2. The number of hydrogen-bond acceptors (Lipinski definition) is 5. The van der Waals surface area contributed by atoms with E-state index in [1.165, 1.54) is 14.2 Å². The first-order chi connectivity index (χ1) is 10.0. The van der Waals surface area contributed by atoms with Crippen LogP contribution in [0.1, 0.15) is 30.1 Å². The number of hydrogen-bond donors (Lipinski definition) is 3. The van der Waals surface area contributed by atoms with Crippen LogP contribution in [-0.2, 0) is 0 Å². The van der Waals surface area contributed by atoms with Gasteiger partial charge in [0.15, 0.2) is 11.5 Å². The number of methoxy groups -OCH3 is 2. The Hall–Kier alpha value is -2.44. The predicted octanol–water partition coefficient (Wildman–Crippen LogP) is 1.35. The highest BCUT2D eigenvalue weighted by Crippen LogP contribution is 2.27. The van der Waals surface area contributed by atoms with Crippen LogP contribution in [0, 0.1) is 0 Å². The van der Waals surface area contributed by atoms with Crippen LogP contribution in [0.5, 0.6) is 11.5 Å². The van der Waals surface area contributed by atoms with Crippen LogP contribution in [0.25, 0.3) is 0 Å². The van der Waals surface area contributed by atoms with Gasteiger partial charge in [-0.2, -0.15) is 0 Å². The highest BCUT2D eigenvalue weighted by Gasteiger charge is 2.15. The van der Waals surface area contributed by atoms with Gasteiger partial charge in [-0.1, -0.05) is 12.1 Å². The van der Waals surface area contributed by atoms with Crippen LogP contribution in [-0.4, -0.2) is 37.2 Å². The van der Waals surface area contributed by atoms with Gasteiger partial charge in [-0.25, -0.2) is 0 Å². The Bertz CT molecular complexity index is 517. The fraction of sp³-hybridized carbons (Fsp3) is 0.429. The summed E-state index contributed by atoms with van der Waals surface area (Å²) in [6.45, 7) is 1.91. The van der Waals surface area contributed by atoms with Crippen LogP contribution in [0.3, 0.4) is 0 Å². The monoisotopic (exact) mass is 295 g/mol. The molecule has 116 valence electrons. The molecule has 1 aromatic rings. The van der Waals surface area contributed by atoms with Gasteiger partial charge in [-0.05, 0) is 24.6 Å². The van der Waals surface area contributed by atoms with Gasteiger partial charge in [0.25, 0.3) is 5.91 Å². The fourth-order valence-electron chi connectivity index (χ4n) is 1.84. The number of nitrogens with one attached hydrogen (secondary N) is 1.